The van der Waals surface area contributed by atoms with Crippen LogP contribution in [0.25, 0.3) is 10.9 Å². The lowest BCUT2D eigenvalue weighted by atomic mass is 9.84. The highest BCUT2D eigenvalue weighted by Gasteiger charge is 2.42. The van der Waals surface area contributed by atoms with Crippen molar-refractivity contribution in [1.29, 1.82) is 0 Å². The van der Waals surface area contributed by atoms with Gasteiger partial charge in [-0.05, 0) is 58.7 Å². The molecule has 1 aromatic heterocycles. The molecule has 6 aromatic rings. The van der Waals surface area contributed by atoms with Crippen molar-refractivity contribution in [2.45, 2.75) is 47.4 Å². The highest BCUT2D eigenvalue weighted by atomic mass is 32.2. The first kappa shape index (κ1) is 35.5. The summed E-state index contributed by atoms with van der Waals surface area (Å²) in [6, 6.07) is 40.8. The predicted octanol–water partition coefficient (Wildman–Crippen LogP) is 7.64. The summed E-state index contributed by atoms with van der Waals surface area (Å²) < 4.78 is 42.9. The van der Waals surface area contributed by atoms with E-state index in [0.717, 1.165) is 38.1 Å². The van der Waals surface area contributed by atoms with Crippen LogP contribution in [0.1, 0.15) is 56.5 Å². The minimum atomic E-state index is -3.84. The van der Waals surface area contributed by atoms with E-state index in [1.165, 1.54) is 0 Å². The number of hydrogen-bond donors (Lipinski definition) is 3. The third kappa shape index (κ3) is 7.95. The van der Waals surface area contributed by atoms with E-state index in [9.17, 15) is 23.4 Å². The van der Waals surface area contributed by atoms with Crippen molar-refractivity contribution in [3.8, 4) is 0 Å². The molecule has 3 N–H and O–H groups in total. The first-order chi connectivity index (χ1) is 25.3. The molecule has 52 heavy (non-hydrogen) atoms. The van der Waals surface area contributed by atoms with E-state index in [1.54, 1.807) is 60.4 Å². The Bertz CT molecular complexity index is 2250. The Morgan fingerprint density at radius 1 is 0.750 bits per heavy atom. The Kier molecular flexibility index (Phi) is 10.8. The summed E-state index contributed by atoms with van der Waals surface area (Å²) in [6.07, 6.45) is 0.104. The van der Waals surface area contributed by atoms with Crippen LogP contribution in [0.4, 0.5) is 0 Å². The highest BCUT2D eigenvalue weighted by molar-refractivity contribution is 7.99. The number of sulfonamides is 1. The lowest BCUT2D eigenvalue weighted by Gasteiger charge is -2.43. The summed E-state index contributed by atoms with van der Waals surface area (Å²) >= 11 is 1.58. The monoisotopic (exact) mass is 732 g/mol. The van der Waals surface area contributed by atoms with Gasteiger partial charge in [0.1, 0.15) is 4.90 Å². The van der Waals surface area contributed by atoms with Crippen LogP contribution in [0, 0.1) is 0 Å². The molecule has 0 radical (unpaired) electrons. The minimum absolute atomic E-state index is 0.0685. The summed E-state index contributed by atoms with van der Waals surface area (Å²) in [7, 11) is -3.84. The number of aromatic nitrogens is 1. The molecule has 4 atom stereocenters. The summed E-state index contributed by atoms with van der Waals surface area (Å²) in [5.74, 6) is -0.614. The average Bonchev–Trinajstić information content (AvgIpc) is 3.19. The van der Waals surface area contributed by atoms with Crippen LogP contribution in [0.3, 0.4) is 0 Å². The number of pyridine rings is 1. The number of aliphatic hydroxyl groups excluding tert-OH is 1. The third-order valence-corrected chi connectivity index (χ3v) is 11.6. The number of carboxylic acid groups (broad SMARTS) is 1. The Labute approximate surface area is 306 Å². The zero-order valence-electron chi connectivity index (χ0n) is 27.9. The van der Waals surface area contributed by atoms with Gasteiger partial charge < -0.3 is 19.7 Å². The molecule has 0 amide bonds. The zero-order valence-corrected chi connectivity index (χ0v) is 29.5. The molecule has 5 aromatic carbocycles. The van der Waals surface area contributed by atoms with E-state index >= 15 is 0 Å². The van der Waals surface area contributed by atoms with Crippen LogP contribution in [-0.4, -0.2) is 41.4 Å². The number of fused-ring (bicyclic) bond motifs is 1. The number of nitrogens with zero attached hydrogens (tertiary/aromatic N) is 1. The number of hydrogen-bond acceptors (Lipinski definition) is 8. The van der Waals surface area contributed by atoms with Crippen LogP contribution in [-0.2, 0) is 32.6 Å². The Morgan fingerprint density at radius 3 is 2.15 bits per heavy atom. The molecule has 1 saturated heterocycles. The minimum Gasteiger partial charge on any atom is -0.478 e. The normalized spacial score (nSPS) is 19.0. The molecule has 4 unspecified atom stereocenters. The standard InChI is InChI=1S/C41H36N2O7S2/c44-25-28-13-15-31(16-14-28)39-37(29-6-2-1-3-7-29)35(26-51-34-21-19-32(20-22-34)40(45)46)49-41(50-39)33-17-11-27(12-18-33)24-43-52(47,48)36-10-4-8-30-9-5-23-42-38(30)36/h1-23,35,37,39,41,43-44H,24-26H2,(H,45,46). The quantitative estimate of drug-likeness (QED) is 0.109. The summed E-state index contributed by atoms with van der Waals surface area (Å²) in [4.78, 5) is 16.7. The van der Waals surface area contributed by atoms with Gasteiger partial charge in [0, 0.05) is 40.3 Å². The molecule has 0 spiro atoms. The number of carboxylic acids is 1. The lowest BCUT2D eigenvalue weighted by Crippen LogP contribution is -2.38. The molecule has 1 aliphatic rings. The van der Waals surface area contributed by atoms with Gasteiger partial charge in [0.2, 0.25) is 10.0 Å². The molecule has 0 aliphatic carbocycles. The van der Waals surface area contributed by atoms with Gasteiger partial charge in [0.15, 0.2) is 6.29 Å². The third-order valence-electron chi connectivity index (χ3n) is 9.09. The maximum atomic E-state index is 13.3. The largest absolute Gasteiger partial charge is 0.478 e. The lowest BCUT2D eigenvalue weighted by molar-refractivity contribution is -0.255. The molecular weight excluding hydrogens is 697 g/mol. The number of para-hydroxylation sites is 1. The van der Waals surface area contributed by atoms with Crippen molar-refractivity contribution in [3.05, 3.63) is 173 Å². The van der Waals surface area contributed by atoms with E-state index in [0.29, 0.717) is 11.3 Å². The van der Waals surface area contributed by atoms with Crippen molar-refractivity contribution < 1.29 is 32.9 Å². The fourth-order valence-electron chi connectivity index (χ4n) is 6.37. The van der Waals surface area contributed by atoms with E-state index in [-0.39, 0.29) is 35.6 Å². The van der Waals surface area contributed by atoms with Gasteiger partial charge in [0.25, 0.3) is 0 Å². The first-order valence-corrected chi connectivity index (χ1v) is 19.2. The second-order valence-electron chi connectivity index (χ2n) is 12.4. The number of thioether (sulfide) groups is 1. The molecular formula is C41H36N2O7S2. The van der Waals surface area contributed by atoms with E-state index in [4.69, 9.17) is 9.47 Å². The molecule has 1 aliphatic heterocycles. The molecule has 7 rings (SSSR count). The van der Waals surface area contributed by atoms with E-state index < -0.39 is 28.4 Å². The number of carbonyl (C=O) groups is 1. The second-order valence-corrected chi connectivity index (χ2v) is 15.3. The number of ether oxygens (including phenoxy) is 2. The van der Waals surface area contributed by atoms with Crippen LogP contribution in [0.2, 0.25) is 0 Å². The fraction of sp³-hybridized carbons (Fsp3) is 0.171. The Hall–Kier alpha value is -4.88. The second kappa shape index (κ2) is 15.8. The van der Waals surface area contributed by atoms with Crippen molar-refractivity contribution in [1.82, 2.24) is 9.71 Å². The van der Waals surface area contributed by atoms with Gasteiger partial charge in [0.05, 0.1) is 29.9 Å². The topological polar surface area (TPSA) is 135 Å². The SMILES string of the molecule is O=C(O)c1ccc(SCC2OC(c3ccc(CNS(=O)(=O)c4cccc5cccnc45)cc3)OC(c3ccc(CO)cc3)C2c2ccccc2)cc1. The van der Waals surface area contributed by atoms with Crippen LogP contribution >= 0.6 is 11.8 Å². The molecule has 1 fully saturated rings. The maximum absolute atomic E-state index is 13.3. The zero-order chi connectivity index (χ0) is 36.1. The predicted molar refractivity (Wildman–Crippen MR) is 199 cm³/mol. The number of benzene rings is 5. The first-order valence-electron chi connectivity index (χ1n) is 16.7. The number of aromatic carboxylic acids is 1. The van der Waals surface area contributed by atoms with Crippen molar-refractivity contribution in [3.63, 3.8) is 0 Å². The van der Waals surface area contributed by atoms with Crippen LogP contribution in [0.15, 0.2) is 149 Å². The summed E-state index contributed by atoms with van der Waals surface area (Å²) in [5.41, 5.74) is 4.95. The number of nitrogens with one attached hydrogen (secondary N) is 1. The number of aliphatic hydroxyl groups is 1. The van der Waals surface area contributed by atoms with E-state index in [2.05, 4.69) is 21.8 Å². The van der Waals surface area contributed by atoms with Gasteiger partial charge in [-0.3, -0.25) is 4.98 Å². The Morgan fingerprint density at radius 2 is 1.44 bits per heavy atom. The summed E-state index contributed by atoms with van der Waals surface area (Å²) in [6.45, 7) is 0.00891. The molecule has 9 nitrogen and oxygen atoms in total. The number of rotatable bonds is 12. The highest BCUT2D eigenvalue weighted by Crippen LogP contribution is 2.48. The maximum Gasteiger partial charge on any atom is 0.335 e. The molecule has 264 valence electrons. The molecule has 2 heterocycles. The van der Waals surface area contributed by atoms with Gasteiger partial charge >= 0.3 is 5.97 Å². The summed E-state index contributed by atoms with van der Waals surface area (Å²) in [5, 5.41) is 19.8. The van der Waals surface area contributed by atoms with Gasteiger partial charge in [-0.25, -0.2) is 17.9 Å². The van der Waals surface area contributed by atoms with Crippen molar-refractivity contribution >= 4 is 38.7 Å². The molecule has 0 saturated carbocycles. The average molecular weight is 733 g/mol. The smallest absolute Gasteiger partial charge is 0.335 e. The van der Waals surface area contributed by atoms with E-state index in [1.807, 2.05) is 78.9 Å². The van der Waals surface area contributed by atoms with Crippen LogP contribution in [0.5, 0.6) is 0 Å². The van der Waals surface area contributed by atoms with Gasteiger partial charge in [-0.1, -0.05) is 97.1 Å². The van der Waals surface area contributed by atoms with Gasteiger partial charge in [-0.2, -0.15) is 0 Å². The molecule has 0 bridgehead atoms. The fourth-order valence-corrected chi connectivity index (χ4v) is 8.53. The van der Waals surface area contributed by atoms with Gasteiger partial charge in [-0.15, -0.1) is 11.8 Å². The Balaban J connectivity index is 1.15. The van der Waals surface area contributed by atoms with Crippen molar-refractivity contribution in [2.24, 2.45) is 0 Å². The molecule has 11 heteroatoms. The van der Waals surface area contributed by atoms with Crippen molar-refractivity contribution in [2.75, 3.05) is 5.75 Å². The van der Waals surface area contributed by atoms with Crippen LogP contribution < -0.4 is 4.72 Å².